The molecule has 1 aromatic rings. The normalized spacial score (nSPS) is 13.0. The number of hydrogen-bond donors (Lipinski definition) is 1. The summed E-state index contributed by atoms with van der Waals surface area (Å²) < 4.78 is 1.84. The fourth-order valence-electron chi connectivity index (χ4n) is 2.43. The van der Waals surface area contributed by atoms with E-state index in [0.717, 1.165) is 31.6 Å². The van der Waals surface area contributed by atoms with Crippen LogP contribution in [0.4, 0.5) is 0 Å². The molecule has 122 valence electrons. The molecule has 5 heteroatoms. The molecule has 0 radical (unpaired) electrons. The van der Waals surface area contributed by atoms with Crippen molar-refractivity contribution in [2.75, 3.05) is 20.6 Å². The predicted molar refractivity (Wildman–Crippen MR) is 88.7 cm³/mol. The summed E-state index contributed by atoms with van der Waals surface area (Å²) in [6, 6.07) is 0. The molecular formula is C16H30ClN3O. The van der Waals surface area contributed by atoms with Crippen LogP contribution in [0.5, 0.6) is 0 Å². The third-order valence-electron chi connectivity index (χ3n) is 3.74. The molecule has 0 aromatic carbocycles. The summed E-state index contributed by atoms with van der Waals surface area (Å²) in [5, 5.41) is 15.2. The molecule has 0 bridgehead atoms. The summed E-state index contributed by atoms with van der Waals surface area (Å²) in [7, 11) is 4.05. The molecule has 1 N–H and O–H groups in total. The van der Waals surface area contributed by atoms with Crippen LogP contribution < -0.4 is 0 Å². The van der Waals surface area contributed by atoms with Crippen LogP contribution in [0.3, 0.4) is 0 Å². The van der Waals surface area contributed by atoms with Crippen LogP contribution in [0.2, 0.25) is 5.02 Å². The molecule has 1 heterocycles. The van der Waals surface area contributed by atoms with Gasteiger partial charge < -0.3 is 10.0 Å². The Labute approximate surface area is 134 Å². The van der Waals surface area contributed by atoms with E-state index in [9.17, 15) is 5.11 Å². The third kappa shape index (κ3) is 6.81. The van der Waals surface area contributed by atoms with E-state index in [0.29, 0.717) is 5.02 Å². The van der Waals surface area contributed by atoms with Crippen LogP contribution in [-0.4, -0.2) is 40.4 Å². The van der Waals surface area contributed by atoms with Gasteiger partial charge >= 0.3 is 0 Å². The molecule has 1 rings (SSSR count). The average molecular weight is 316 g/mol. The second-order valence-electron chi connectivity index (χ2n) is 5.98. The van der Waals surface area contributed by atoms with Crippen molar-refractivity contribution in [1.82, 2.24) is 14.7 Å². The first kappa shape index (κ1) is 18.5. The third-order valence-corrected chi connectivity index (χ3v) is 4.03. The number of unbranched alkanes of at least 4 members (excludes halogenated alkanes) is 5. The highest BCUT2D eigenvalue weighted by molar-refractivity contribution is 6.31. The van der Waals surface area contributed by atoms with Crippen molar-refractivity contribution in [1.29, 1.82) is 0 Å². The Bertz CT molecular complexity index is 393. The van der Waals surface area contributed by atoms with Gasteiger partial charge in [0.2, 0.25) is 0 Å². The van der Waals surface area contributed by atoms with Crippen LogP contribution >= 0.6 is 11.6 Å². The van der Waals surface area contributed by atoms with Gasteiger partial charge in [-0.2, -0.15) is 5.10 Å². The lowest BCUT2D eigenvalue weighted by Crippen LogP contribution is -2.21. The summed E-state index contributed by atoms with van der Waals surface area (Å²) in [6.07, 6.45) is 9.25. The van der Waals surface area contributed by atoms with Crippen LogP contribution in [0.15, 0.2) is 6.20 Å². The maximum atomic E-state index is 10.4. The lowest BCUT2D eigenvalue weighted by atomic mass is 10.1. The summed E-state index contributed by atoms with van der Waals surface area (Å²) in [6.45, 7) is 3.86. The standard InChI is InChI=1S/C16H30ClN3O/c1-4-5-6-7-8-9-10-15(21)16-14(17)13-18-20(16)12-11-19(2)3/h13,15,21H,4-12H2,1-3H3. The van der Waals surface area contributed by atoms with Crippen molar-refractivity contribution in [3.8, 4) is 0 Å². The zero-order valence-electron chi connectivity index (χ0n) is 13.7. The van der Waals surface area contributed by atoms with E-state index >= 15 is 0 Å². The van der Waals surface area contributed by atoms with Crippen molar-refractivity contribution in [2.24, 2.45) is 0 Å². The molecular weight excluding hydrogens is 286 g/mol. The van der Waals surface area contributed by atoms with Gasteiger partial charge in [-0.05, 0) is 20.5 Å². The number of rotatable bonds is 11. The van der Waals surface area contributed by atoms with Crippen molar-refractivity contribution < 1.29 is 5.11 Å². The molecule has 0 aliphatic heterocycles. The van der Waals surface area contributed by atoms with Gasteiger partial charge in [-0.25, -0.2) is 0 Å². The number of halogens is 1. The van der Waals surface area contributed by atoms with E-state index in [1.165, 1.54) is 32.1 Å². The minimum absolute atomic E-state index is 0.506. The van der Waals surface area contributed by atoms with Gasteiger partial charge in [-0.15, -0.1) is 0 Å². The molecule has 0 fully saturated rings. The zero-order valence-corrected chi connectivity index (χ0v) is 14.4. The molecule has 1 unspecified atom stereocenters. The van der Waals surface area contributed by atoms with Gasteiger partial charge in [-0.3, -0.25) is 4.68 Å². The monoisotopic (exact) mass is 315 g/mol. The van der Waals surface area contributed by atoms with Crippen LogP contribution in [0.25, 0.3) is 0 Å². The number of aliphatic hydroxyl groups excluding tert-OH is 1. The maximum absolute atomic E-state index is 10.4. The lowest BCUT2D eigenvalue weighted by molar-refractivity contribution is 0.151. The smallest absolute Gasteiger partial charge is 0.0971 e. The highest BCUT2D eigenvalue weighted by atomic mass is 35.5. The highest BCUT2D eigenvalue weighted by Crippen LogP contribution is 2.26. The molecule has 21 heavy (non-hydrogen) atoms. The minimum Gasteiger partial charge on any atom is -0.387 e. The molecule has 0 saturated heterocycles. The first-order valence-corrected chi connectivity index (χ1v) is 8.48. The van der Waals surface area contributed by atoms with E-state index in [2.05, 4.69) is 16.9 Å². The van der Waals surface area contributed by atoms with Crippen molar-refractivity contribution in [2.45, 2.75) is 64.5 Å². The fourth-order valence-corrected chi connectivity index (χ4v) is 2.70. The molecule has 0 saturated carbocycles. The first-order chi connectivity index (χ1) is 10.1. The molecule has 1 atom stereocenters. The summed E-state index contributed by atoms with van der Waals surface area (Å²) in [5.41, 5.74) is 0.770. The zero-order chi connectivity index (χ0) is 15.7. The minimum atomic E-state index is -0.506. The Balaban J connectivity index is 2.41. The molecule has 1 aromatic heterocycles. The first-order valence-electron chi connectivity index (χ1n) is 8.10. The van der Waals surface area contributed by atoms with Crippen LogP contribution in [0.1, 0.15) is 63.7 Å². The number of hydrogen-bond acceptors (Lipinski definition) is 3. The number of aliphatic hydroxyl groups is 1. The van der Waals surface area contributed by atoms with Gasteiger partial charge in [0.15, 0.2) is 0 Å². The summed E-state index contributed by atoms with van der Waals surface area (Å²) in [5.74, 6) is 0. The Morgan fingerprint density at radius 1 is 1.24 bits per heavy atom. The van der Waals surface area contributed by atoms with E-state index < -0.39 is 6.10 Å². The Kier molecular flexibility index (Phi) is 8.97. The SMILES string of the molecule is CCCCCCCCC(O)c1c(Cl)cnn1CCN(C)C. The molecule has 4 nitrogen and oxygen atoms in total. The summed E-state index contributed by atoms with van der Waals surface area (Å²) in [4.78, 5) is 2.10. The summed E-state index contributed by atoms with van der Waals surface area (Å²) >= 11 is 6.18. The number of likely N-dealkylation sites (N-methyl/N-ethyl adjacent to an activating group) is 1. The second kappa shape index (κ2) is 10.2. The Hall–Kier alpha value is -0.580. The average Bonchev–Trinajstić information content (AvgIpc) is 2.81. The van der Waals surface area contributed by atoms with Gasteiger partial charge in [0, 0.05) is 6.54 Å². The number of nitrogens with zero attached hydrogens (tertiary/aromatic N) is 3. The van der Waals surface area contributed by atoms with E-state index in [1.54, 1.807) is 6.20 Å². The van der Waals surface area contributed by atoms with Gasteiger partial charge in [-0.1, -0.05) is 57.0 Å². The van der Waals surface area contributed by atoms with Gasteiger partial charge in [0.05, 0.1) is 29.6 Å². The maximum Gasteiger partial charge on any atom is 0.0971 e. The highest BCUT2D eigenvalue weighted by Gasteiger charge is 2.17. The molecule has 0 spiro atoms. The van der Waals surface area contributed by atoms with Gasteiger partial charge in [0.25, 0.3) is 0 Å². The van der Waals surface area contributed by atoms with E-state index in [-0.39, 0.29) is 0 Å². The Morgan fingerprint density at radius 2 is 1.90 bits per heavy atom. The Morgan fingerprint density at radius 3 is 2.57 bits per heavy atom. The van der Waals surface area contributed by atoms with Crippen LogP contribution in [0, 0.1) is 0 Å². The fraction of sp³-hybridized carbons (Fsp3) is 0.812. The topological polar surface area (TPSA) is 41.3 Å². The largest absolute Gasteiger partial charge is 0.387 e. The second-order valence-corrected chi connectivity index (χ2v) is 6.38. The quantitative estimate of drug-likeness (QED) is 0.630. The van der Waals surface area contributed by atoms with Gasteiger partial charge in [0.1, 0.15) is 0 Å². The molecule has 0 amide bonds. The lowest BCUT2D eigenvalue weighted by Gasteiger charge is -2.16. The van der Waals surface area contributed by atoms with Crippen LogP contribution in [-0.2, 0) is 6.54 Å². The van der Waals surface area contributed by atoms with Crippen molar-refractivity contribution >= 4 is 11.6 Å². The number of aromatic nitrogens is 2. The van der Waals surface area contributed by atoms with Crippen molar-refractivity contribution in [3.05, 3.63) is 16.9 Å². The van der Waals surface area contributed by atoms with Crippen molar-refractivity contribution in [3.63, 3.8) is 0 Å². The molecule has 0 aliphatic carbocycles. The molecule has 0 aliphatic rings. The van der Waals surface area contributed by atoms with E-state index in [1.807, 2.05) is 18.8 Å². The predicted octanol–water partition coefficient (Wildman–Crippen LogP) is 3.88. The van der Waals surface area contributed by atoms with E-state index in [4.69, 9.17) is 11.6 Å².